The average molecular weight is 221 g/mol. The van der Waals surface area contributed by atoms with E-state index in [1.54, 1.807) is 0 Å². The van der Waals surface area contributed by atoms with Crippen molar-refractivity contribution in [3.63, 3.8) is 0 Å². The molecule has 0 aliphatic heterocycles. The van der Waals surface area contributed by atoms with Crippen molar-refractivity contribution in [2.24, 2.45) is 5.73 Å². The van der Waals surface area contributed by atoms with E-state index in [-0.39, 0.29) is 0 Å². The Kier molecular flexibility index (Phi) is 5.94. The van der Waals surface area contributed by atoms with Gasteiger partial charge >= 0.3 is 0 Å². The van der Waals surface area contributed by atoms with E-state index in [0.717, 1.165) is 38.0 Å². The molecule has 0 saturated carbocycles. The average Bonchev–Trinajstić information content (AvgIpc) is 2.29. The van der Waals surface area contributed by atoms with Crippen molar-refractivity contribution in [1.82, 2.24) is 0 Å². The van der Waals surface area contributed by atoms with Gasteiger partial charge in [-0.2, -0.15) is 0 Å². The second-order valence-electron chi connectivity index (χ2n) is 4.08. The first-order chi connectivity index (χ1) is 7.81. The number of aryl methyl sites for hydroxylation is 1. The van der Waals surface area contributed by atoms with Gasteiger partial charge in [0.05, 0.1) is 6.61 Å². The number of ether oxygens (including phenoxy) is 1. The van der Waals surface area contributed by atoms with Crippen LogP contribution in [0.15, 0.2) is 18.2 Å². The van der Waals surface area contributed by atoms with Gasteiger partial charge in [-0.25, -0.2) is 0 Å². The van der Waals surface area contributed by atoms with Crippen LogP contribution in [0.25, 0.3) is 0 Å². The van der Waals surface area contributed by atoms with Crippen LogP contribution in [-0.4, -0.2) is 13.2 Å². The van der Waals surface area contributed by atoms with Crippen molar-refractivity contribution in [1.29, 1.82) is 0 Å². The Morgan fingerprint density at radius 3 is 2.56 bits per heavy atom. The lowest BCUT2D eigenvalue weighted by Gasteiger charge is -2.12. The first-order valence-electron chi connectivity index (χ1n) is 6.26. The van der Waals surface area contributed by atoms with Crippen LogP contribution in [0.4, 0.5) is 0 Å². The van der Waals surface area contributed by atoms with Crippen molar-refractivity contribution in [3.05, 3.63) is 29.3 Å². The molecule has 0 fully saturated rings. The summed E-state index contributed by atoms with van der Waals surface area (Å²) >= 11 is 0. The molecule has 1 aromatic carbocycles. The van der Waals surface area contributed by atoms with Crippen LogP contribution in [0.3, 0.4) is 0 Å². The molecule has 0 aliphatic carbocycles. The maximum atomic E-state index is 5.74. The fourth-order valence-corrected chi connectivity index (χ4v) is 1.77. The highest BCUT2D eigenvalue weighted by Crippen LogP contribution is 2.22. The van der Waals surface area contributed by atoms with Crippen LogP contribution in [0.5, 0.6) is 5.75 Å². The van der Waals surface area contributed by atoms with Gasteiger partial charge in [0.15, 0.2) is 0 Å². The number of hydrogen-bond donors (Lipinski definition) is 1. The maximum Gasteiger partial charge on any atom is 0.122 e. The number of rotatable bonds is 7. The van der Waals surface area contributed by atoms with Crippen LogP contribution >= 0.6 is 0 Å². The molecule has 0 aromatic heterocycles. The summed E-state index contributed by atoms with van der Waals surface area (Å²) in [4.78, 5) is 0. The second-order valence-corrected chi connectivity index (χ2v) is 4.08. The second kappa shape index (κ2) is 7.29. The number of hydrogen-bond acceptors (Lipinski definition) is 2. The molecular weight excluding hydrogens is 198 g/mol. The lowest BCUT2D eigenvalue weighted by Crippen LogP contribution is -2.04. The molecular formula is C14H23NO. The molecule has 2 nitrogen and oxygen atoms in total. The first kappa shape index (κ1) is 13.0. The van der Waals surface area contributed by atoms with Crippen LogP contribution < -0.4 is 10.5 Å². The molecule has 0 atom stereocenters. The summed E-state index contributed by atoms with van der Waals surface area (Å²) in [6.07, 6.45) is 4.23. The van der Waals surface area contributed by atoms with E-state index >= 15 is 0 Å². The van der Waals surface area contributed by atoms with Crippen molar-refractivity contribution in [2.45, 2.75) is 39.5 Å². The molecule has 0 radical (unpaired) electrons. The third-order valence-corrected chi connectivity index (χ3v) is 2.54. The van der Waals surface area contributed by atoms with Crippen molar-refractivity contribution in [2.75, 3.05) is 13.2 Å². The Bertz CT molecular complexity index is 310. The highest BCUT2D eigenvalue weighted by Gasteiger charge is 2.04. The molecule has 0 saturated heterocycles. The summed E-state index contributed by atoms with van der Waals surface area (Å²) in [5.41, 5.74) is 8.21. The molecule has 1 rings (SSSR count). The third kappa shape index (κ3) is 3.86. The summed E-state index contributed by atoms with van der Waals surface area (Å²) < 4.78 is 5.74. The molecule has 16 heavy (non-hydrogen) atoms. The van der Waals surface area contributed by atoms with Crippen molar-refractivity contribution in [3.8, 4) is 5.75 Å². The molecule has 1 aromatic rings. The number of nitrogens with two attached hydrogens (primary N) is 1. The van der Waals surface area contributed by atoms with Gasteiger partial charge in [-0.15, -0.1) is 0 Å². The lowest BCUT2D eigenvalue weighted by atomic mass is 10.0. The van der Waals surface area contributed by atoms with Gasteiger partial charge in [0.1, 0.15) is 5.75 Å². The van der Waals surface area contributed by atoms with Gasteiger partial charge < -0.3 is 10.5 Å². The van der Waals surface area contributed by atoms with Crippen LogP contribution in [0.2, 0.25) is 0 Å². The van der Waals surface area contributed by atoms with E-state index in [1.165, 1.54) is 11.1 Å². The first-order valence-corrected chi connectivity index (χ1v) is 6.26. The smallest absolute Gasteiger partial charge is 0.122 e. The summed E-state index contributed by atoms with van der Waals surface area (Å²) in [7, 11) is 0. The Labute approximate surface area is 98.8 Å². The lowest BCUT2D eigenvalue weighted by molar-refractivity contribution is 0.314. The Hall–Kier alpha value is -1.02. The normalized spacial score (nSPS) is 10.4. The predicted octanol–water partition coefficient (Wildman–Crippen LogP) is 2.93. The van der Waals surface area contributed by atoms with E-state index in [2.05, 4.69) is 32.0 Å². The zero-order valence-corrected chi connectivity index (χ0v) is 10.5. The Morgan fingerprint density at radius 2 is 1.94 bits per heavy atom. The van der Waals surface area contributed by atoms with Gasteiger partial charge in [-0.3, -0.25) is 0 Å². The van der Waals surface area contributed by atoms with E-state index in [0.29, 0.717) is 6.54 Å². The largest absolute Gasteiger partial charge is 0.493 e. The minimum Gasteiger partial charge on any atom is -0.493 e. The van der Waals surface area contributed by atoms with Gasteiger partial charge in [0.2, 0.25) is 0 Å². The minimum atomic E-state index is 0.709. The maximum absolute atomic E-state index is 5.74. The van der Waals surface area contributed by atoms with Crippen molar-refractivity contribution >= 4 is 0 Å². The highest BCUT2D eigenvalue weighted by atomic mass is 16.5. The summed E-state index contributed by atoms with van der Waals surface area (Å²) in [5.74, 6) is 1.05. The van der Waals surface area contributed by atoms with E-state index in [1.807, 2.05) is 0 Å². The molecule has 0 bridgehead atoms. The SMILES string of the molecule is CCCOc1ccc(CCN)cc1CCC. The Morgan fingerprint density at radius 1 is 1.12 bits per heavy atom. The van der Waals surface area contributed by atoms with Crippen LogP contribution in [0, 0.1) is 0 Å². The monoisotopic (exact) mass is 221 g/mol. The topological polar surface area (TPSA) is 35.2 Å². The standard InChI is InChI=1S/C14H23NO/c1-3-5-13-11-12(8-9-15)6-7-14(13)16-10-4-2/h6-7,11H,3-5,8-10,15H2,1-2H3. The molecule has 2 heteroatoms. The summed E-state index contributed by atoms with van der Waals surface area (Å²) in [6.45, 7) is 5.83. The van der Waals surface area contributed by atoms with Gasteiger partial charge in [0.25, 0.3) is 0 Å². The molecule has 90 valence electrons. The van der Waals surface area contributed by atoms with Crippen LogP contribution in [0.1, 0.15) is 37.8 Å². The molecule has 0 spiro atoms. The van der Waals surface area contributed by atoms with Crippen molar-refractivity contribution < 1.29 is 4.74 Å². The zero-order chi connectivity index (χ0) is 11.8. The number of benzene rings is 1. The van der Waals surface area contributed by atoms with Gasteiger partial charge in [-0.05, 0) is 43.0 Å². The predicted molar refractivity (Wildman–Crippen MR) is 69.0 cm³/mol. The molecule has 0 heterocycles. The molecule has 0 amide bonds. The fourth-order valence-electron chi connectivity index (χ4n) is 1.77. The quantitative estimate of drug-likeness (QED) is 0.768. The van der Waals surface area contributed by atoms with E-state index in [4.69, 9.17) is 10.5 Å². The summed E-state index contributed by atoms with van der Waals surface area (Å²) in [6, 6.07) is 6.45. The molecule has 0 aliphatic rings. The summed E-state index contributed by atoms with van der Waals surface area (Å²) in [5, 5.41) is 0. The third-order valence-electron chi connectivity index (χ3n) is 2.54. The van der Waals surface area contributed by atoms with E-state index in [9.17, 15) is 0 Å². The Balaban J connectivity index is 2.80. The highest BCUT2D eigenvalue weighted by molar-refractivity contribution is 5.37. The van der Waals surface area contributed by atoms with E-state index < -0.39 is 0 Å². The van der Waals surface area contributed by atoms with Gasteiger partial charge in [-0.1, -0.05) is 32.4 Å². The van der Waals surface area contributed by atoms with Gasteiger partial charge in [0, 0.05) is 0 Å². The van der Waals surface area contributed by atoms with Crippen LogP contribution in [-0.2, 0) is 12.8 Å². The molecule has 2 N–H and O–H groups in total. The zero-order valence-electron chi connectivity index (χ0n) is 10.5. The molecule has 0 unspecified atom stereocenters. The minimum absolute atomic E-state index is 0.709. The fraction of sp³-hybridized carbons (Fsp3) is 0.571.